The van der Waals surface area contributed by atoms with Gasteiger partial charge < -0.3 is 19.7 Å². The molecule has 19 heavy (non-hydrogen) atoms. The molecule has 1 heterocycles. The number of hydrogen-bond donors (Lipinski definition) is 2. The van der Waals surface area contributed by atoms with Crippen LogP contribution in [-0.4, -0.2) is 45.8 Å². The lowest BCUT2D eigenvalue weighted by Gasteiger charge is -2.34. The molecule has 0 aromatic heterocycles. The number of halogens is 1. The van der Waals surface area contributed by atoms with Gasteiger partial charge >= 0.3 is 0 Å². The zero-order valence-electron chi connectivity index (χ0n) is 12.0. The molecule has 1 aliphatic rings. The Balaban J connectivity index is 2.72. The lowest BCUT2D eigenvalue weighted by atomic mass is 9.80. The van der Waals surface area contributed by atoms with Gasteiger partial charge in [0.15, 0.2) is 5.79 Å². The molecular formula is C14H25IO4. The van der Waals surface area contributed by atoms with Crippen molar-refractivity contribution in [3.63, 3.8) is 0 Å². The van der Waals surface area contributed by atoms with Gasteiger partial charge in [-0.2, -0.15) is 0 Å². The van der Waals surface area contributed by atoms with Gasteiger partial charge in [-0.15, -0.1) is 0 Å². The van der Waals surface area contributed by atoms with Crippen LogP contribution in [0, 0.1) is 5.92 Å². The molecule has 4 nitrogen and oxygen atoms in total. The maximum atomic E-state index is 10.5. The Morgan fingerprint density at radius 1 is 1.47 bits per heavy atom. The highest BCUT2D eigenvalue weighted by molar-refractivity contribution is 14.1. The van der Waals surface area contributed by atoms with Crippen LogP contribution in [-0.2, 0) is 9.47 Å². The Labute approximate surface area is 129 Å². The van der Waals surface area contributed by atoms with Gasteiger partial charge in [-0.1, -0.05) is 34.2 Å². The summed E-state index contributed by atoms with van der Waals surface area (Å²) < 4.78 is 11.8. The van der Waals surface area contributed by atoms with Gasteiger partial charge in [-0.05, 0) is 27.2 Å². The first kappa shape index (κ1) is 17.4. The van der Waals surface area contributed by atoms with Crippen LogP contribution in [0.15, 0.2) is 11.6 Å². The summed E-state index contributed by atoms with van der Waals surface area (Å²) in [4.78, 5) is 0. The van der Waals surface area contributed by atoms with Crippen molar-refractivity contribution in [2.45, 2.75) is 45.0 Å². The fraction of sp³-hybridized carbons (Fsp3) is 0.857. The van der Waals surface area contributed by atoms with Crippen molar-refractivity contribution in [2.75, 3.05) is 24.2 Å². The minimum absolute atomic E-state index is 0.00109. The fourth-order valence-corrected chi connectivity index (χ4v) is 3.05. The third kappa shape index (κ3) is 4.97. The van der Waals surface area contributed by atoms with E-state index in [2.05, 4.69) is 22.6 Å². The van der Waals surface area contributed by atoms with Crippen LogP contribution in [0.3, 0.4) is 0 Å². The summed E-state index contributed by atoms with van der Waals surface area (Å²) in [5.74, 6) is -0.528. The van der Waals surface area contributed by atoms with E-state index in [0.29, 0.717) is 17.6 Å². The third-order valence-electron chi connectivity index (χ3n) is 3.77. The average Bonchev–Trinajstić information content (AvgIpc) is 2.76. The molecule has 1 saturated heterocycles. The number of hydrogen-bond acceptors (Lipinski definition) is 4. The van der Waals surface area contributed by atoms with E-state index in [0.717, 1.165) is 18.4 Å². The third-order valence-corrected chi connectivity index (χ3v) is 5.31. The molecule has 1 fully saturated rings. The first-order valence-corrected chi connectivity index (χ1v) is 8.21. The maximum absolute atomic E-state index is 10.5. The van der Waals surface area contributed by atoms with E-state index in [-0.39, 0.29) is 12.5 Å². The summed E-state index contributed by atoms with van der Waals surface area (Å²) in [6, 6.07) is 0. The molecule has 0 aromatic carbocycles. The molecule has 1 aliphatic heterocycles. The van der Waals surface area contributed by atoms with Gasteiger partial charge in [0.2, 0.25) is 0 Å². The number of ether oxygens (including phenoxy) is 2. The van der Waals surface area contributed by atoms with Crippen molar-refractivity contribution in [3.05, 3.63) is 11.6 Å². The minimum atomic E-state index is -0.786. The summed E-state index contributed by atoms with van der Waals surface area (Å²) in [7, 11) is 0. The predicted molar refractivity (Wildman–Crippen MR) is 83.4 cm³/mol. The van der Waals surface area contributed by atoms with Crippen LogP contribution in [0.5, 0.6) is 0 Å². The van der Waals surface area contributed by atoms with Gasteiger partial charge in [0.05, 0.1) is 25.4 Å². The molecule has 1 rings (SSSR count). The van der Waals surface area contributed by atoms with Crippen LogP contribution < -0.4 is 0 Å². The monoisotopic (exact) mass is 384 g/mol. The van der Waals surface area contributed by atoms with Crippen molar-refractivity contribution in [1.29, 1.82) is 0 Å². The zero-order chi connectivity index (χ0) is 14.5. The maximum Gasteiger partial charge on any atom is 0.165 e. The molecular weight excluding hydrogens is 359 g/mol. The molecule has 0 amide bonds. The molecule has 0 aliphatic carbocycles. The Bertz CT molecular complexity index is 309. The van der Waals surface area contributed by atoms with E-state index in [1.807, 2.05) is 20.8 Å². The van der Waals surface area contributed by atoms with Crippen molar-refractivity contribution in [1.82, 2.24) is 0 Å². The van der Waals surface area contributed by atoms with E-state index in [1.165, 1.54) is 0 Å². The lowest BCUT2D eigenvalue weighted by Crippen LogP contribution is -2.39. The van der Waals surface area contributed by atoms with Crippen molar-refractivity contribution in [3.8, 4) is 0 Å². The average molecular weight is 384 g/mol. The number of alkyl halides is 1. The molecule has 2 N–H and O–H groups in total. The Morgan fingerprint density at radius 3 is 2.53 bits per heavy atom. The minimum Gasteiger partial charge on any atom is -0.392 e. The van der Waals surface area contributed by atoms with Gasteiger partial charge in [-0.3, -0.25) is 0 Å². The number of aliphatic hydroxyl groups excluding tert-OH is 1. The number of aliphatic hydroxyl groups is 2. The molecule has 2 atom stereocenters. The van der Waals surface area contributed by atoms with E-state index in [1.54, 1.807) is 6.08 Å². The van der Waals surface area contributed by atoms with E-state index in [4.69, 9.17) is 14.6 Å². The van der Waals surface area contributed by atoms with Crippen molar-refractivity contribution < 1.29 is 19.7 Å². The molecule has 0 radical (unpaired) electrons. The quantitative estimate of drug-likeness (QED) is 0.402. The van der Waals surface area contributed by atoms with Crippen LogP contribution in [0.1, 0.15) is 33.6 Å². The summed E-state index contributed by atoms with van der Waals surface area (Å²) >= 11 is 2.20. The summed E-state index contributed by atoms with van der Waals surface area (Å²) in [5, 5.41) is 19.6. The highest BCUT2D eigenvalue weighted by Crippen LogP contribution is 2.34. The number of rotatable bonds is 7. The summed E-state index contributed by atoms with van der Waals surface area (Å²) in [6.45, 7) is 7.02. The molecule has 0 aromatic rings. The second-order valence-corrected chi connectivity index (χ2v) is 6.31. The summed E-state index contributed by atoms with van der Waals surface area (Å²) in [5.41, 5.74) is 0.233. The topological polar surface area (TPSA) is 58.9 Å². The van der Waals surface area contributed by atoms with Crippen molar-refractivity contribution >= 4 is 22.6 Å². The zero-order valence-corrected chi connectivity index (χ0v) is 14.1. The molecule has 112 valence electrons. The largest absolute Gasteiger partial charge is 0.392 e. The molecule has 0 spiro atoms. The Morgan fingerprint density at radius 2 is 2.05 bits per heavy atom. The van der Waals surface area contributed by atoms with Gasteiger partial charge in [0.25, 0.3) is 0 Å². The smallest absolute Gasteiger partial charge is 0.165 e. The second kappa shape index (κ2) is 7.36. The Hall–Kier alpha value is 0.310. The van der Waals surface area contributed by atoms with Crippen LogP contribution in [0.25, 0.3) is 0 Å². The second-order valence-electron chi connectivity index (χ2n) is 5.54. The van der Waals surface area contributed by atoms with E-state index >= 15 is 0 Å². The molecule has 0 saturated carbocycles. The van der Waals surface area contributed by atoms with Crippen LogP contribution >= 0.6 is 22.6 Å². The van der Waals surface area contributed by atoms with E-state index in [9.17, 15) is 5.11 Å². The molecule has 5 heteroatoms. The standard InChI is InChI=1S/C14H25IO4/c1-11(5-7-16)12(13(2,17)10-15)4-6-14(3)18-8-9-19-14/h5,12,16-17H,4,6-10H2,1-3H3/b11-5-/t12-,13?/m1/s1. The predicted octanol–water partition coefficient (Wildman–Crippen LogP) is 2.27. The van der Waals surface area contributed by atoms with Crippen LogP contribution in [0.2, 0.25) is 0 Å². The first-order valence-electron chi connectivity index (χ1n) is 6.68. The first-order chi connectivity index (χ1) is 8.84. The lowest BCUT2D eigenvalue weighted by molar-refractivity contribution is -0.151. The van der Waals surface area contributed by atoms with Gasteiger partial charge in [-0.25, -0.2) is 0 Å². The SMILES string of the molecule is C/C(=C/CO)[C@@H](CCC1(C)OCCO1)C(C)(O)CI. The normalized spacial score (nSPS) is 24.2. The fourth-order valence-electron chi connectivity index (χ4n) is 2.52. The molecule has 0 bridgehead atoms. The van der Waals surface area contributed by atoms with Crippen molar-refractivity contribution in [2.24, 2.45) is 5.92 Å². The molecule has 1 unspecified atom stereocenters. The van der Waals surface area contributed by atoms with Gasteiger partial charge in [0.1, 0.15) is 0 Å². The highest BCUT2D eigenvalue weighted by Gasteiger charge is 2.36. The Kier molecular flexibility index (Phi) is 6.72. The van der Waals surface area contributed by atoms with E-state index < -0.39 is 11.4 Å². The van der Waals surface area contributed by atoms with Crippen LogP contribution in [0.4, 0.5) is 0 Å². The highest BCUT2D eigenvalue weighted by atomic mass is 127. The summed E-state index contributed by atoms with van der Waals surface area (Å²) in [6.07, 6.45) is 3.28. The van der Waals surface area contributed by atoms with Gasteiger partial charge in [0, 0.05) is 16.8 Å².